The molecule has 0 aliphatic carbocycles. The van der Waals surface area contributed by atoms with E-state index < -0.39 is 0 Å². The van der Waals surface area contributed by atoms with Gasteiger partial charge >= 0.3 is 0 Å². The van der Waals surface area contributed by atoms with Gasteiger partial charge in [-0.25, -0.2) is 0 Å². The Kier molecular flexibility index (Phi) is 4.32. The summed E-state index contributed by atoms with van der Waals surface area (Å²) in [6.07, 6.45) is 0.370. The number of hydrogen-bond acceptors (Lipinski definition) is 4. The number of carbonyl (C=O) groups is 1. The molecule has 1 amide bonds. The summed E-state index contributed by atoms with van der Waals surface area (Å²) in [6, 6.07) is 16.0. The summed E-state index contributed by atoms with van der Waals surface area (Å²) in [6.45, 7) is 2.29. The highest BCUT2D eigenvalue weighted by Crippen LogP contribution is 2.34. The lowest BCUT2D eigenvalue weighted by atomic mass is 9.89. The number of nitrogens with zero attached hydrogens (tertiary/aromatic N) is 1. The standard InChI is InChI=1S/C20H22N2O3/c21-10-16-11-22(12-17(16)15-4-2-1-3-5-15)20(23)9-14-6-7-18-19(8-14)25-13-24-18/h1-8,16-17H,9-13,21H2/t16-,17+/m1/s1. The van der Waals surface area contributed by atoms with E-state index in [-0.39, 0.29) is 12.7 Å². The Balaban J connectivity index is 1.46. The average Bonchev–Trinajstić information content (AvgIpc) is 3.28. The first kappa shape index (κ1) is 16.0. The highest BCUT2D eigenvalue weighted by molar-refractivity contribution is 5.79. The number of fused-ring (bicyclic) bond motifs is 1. The van der Waals surface area contributed by atoms with E-state index in [1.807, 2.05) is 41.3 Å². The van der Waals surface area contributed by atoms with Crippen LogP contribution in [0.15, 0.2) is 48.5 Å². The minimum Gasteiger partial charge on any atom is -0.454 e. The van der Waals surface area contributed by atoms with Crippen LogP contribution in [0, 0.1) is 5.92 Å². The SMILES string of the molecule is NC[C@@H]1CN(C(=O)Cc2ccc3c(c2)OCO3)C[C@H]1c1ccccc1. The molecular formula is C20H22N2O3. The number of ether oxygens (including phenoxy) is 2. The van der Waals surface area contributed by atoms with Crippen molar-refractivity contribution < 1.29 is 14.3 Å². The number of likely N-dealkylation sites (tertiary alicyclic amines) is 1. The van der Waals surface area contributed by atoms with Gasteiger partial charge in [-0.15, -0.1) is 0 Å². The van der Waals surface area contributed by atoms with E-state index >= 15 is 0 Å². The molecule has 0 aromatic heterocycles. The fourth-order valence-corrected chi connectivity index (χ4v) is 3.73. The minimum absolute atomic E-state index is 0.135. The van der Waals surface area contributed by atoms with Crippen LogP contribution in [0.4, 0.5) is 0 Å². The highest BCUT2D eigenvalue weighted by atomic mass is 16.7. The molecular weight excluding hydrogens is 316 g/mol. The van der Waals surface area contributed by atoms with Crippen LogP contribution in [-0.2, 0) is 11.2 Å². The Hall–Kier alpha value is -2.53. The number of nitrogens with two attached hydrogens (primary N) is 1. The predicted octanol–water partition coefficient (Wildman–Crippen LogP) is 2.16. The monoisotopic (exact) mass is 338 g/mol. The van der Waals surface area contributed by atoms with Gasteiger partial charge in [-0.2, -0.15) is 0 Å². The Morgan fingerprint density at radius 1 is 1.08 bits per heavy atom. The number of rotatable bonds is 4. The molecule has 1 saturated heterocycles. The van der Waals surface area contributed by atoms with Crippen molar-refractivity contribution in [1.29, 1.82) is 0 Å². The van der Waals surface area contributed by atoms with Gasteiger partial charge in [-0.1, -0.05) is 36.4 Å². The number of amides is 1. The van der Waals surface area contributed by atoms with E-state index in [1.54, 1.807) is 0 Å². The van der Waals surface area contributed by atoms with E-state index in [9.17, 15) is 4.79 Å². The first-order valence-corrected chi connectivity index (χ1v) is 8.66. The fourth-order valence-electron chi connectivity index (χ4n) is 3.73. The third kappa shape index (κ3) is 3.20. The highest BCUT2D eigenvalue weighted by Gasteiger charge is 2.35. The van der Waals surface area contributed by atoms with Crippen LogP contribution >= 0.6 is 0 Å². The van der Waals surface area contributed by atoms with Crippen molar-refractivity contribution in [2.24, 2.45) is 11.7 Å². The molecule has 2 aromatic carbocycles. The Bertz CT molecular complexity index is 763. The van der Waals surface area contributed by atoms with Crippen molar-refractivity contribution in [2.45, 2.75) is 12.3 Å². The van der Waals surface area contributed by atoms with E-state index in [0.717, 1.165) is 24.4 Å². The van der Waals surface area contributed by atoms with Crippen molar-refractivity contribution in [3.8, 4) is 11.5 Å². The number of hydrogen-bond donors (Lipinski definition) is 1. The maximum Gasteiger partial charge on any atom is 0.231 e. The normalized spacial score (nSPS) is 21.6. The molecule has 2 aliphatic rings. The molecule has 2 aliphatic heterocycles. The van der Waals surface area contributed by atoms with Crippen molar-refractivity contribution in [3.05, 3.63) is 59.7 Å². The number of benzene rings is 2. The molecule has 4 rings (SSSR count). The molecule has 2 heterocycles. The molecule has 0 bridgehead atoms. The summed E-state index contributed by atoms with van der Waals surface area (Å²) < 4.78 is 10.7. The van der Waals surface area contributed by atoms with Crippen molar-refractivity contribution in [3.63, 3.8) is 0 Å². The van der Waals surface area contributed by atoms with E-state index in [2.05, 4.69) is 12.1 Å². The lowest BCUT2D eigenvalue weighted by Gasteiger charge is -2.17. The van der Waals surface area contributed by atoms with Gasteiger partial charge in [-0.3, -0.25) is 4.79 Å². The molecule has 25 heavy (non-hydrogen) atoms. The van der Waals surface area contributed by atoms with Gasteiger partial charge in [0.05, 0.1) is 6.42 Å². The quantitative estimate of drug-likeness (QED) is 0.928. The van der Waals surface area contributed by atoms with Gasteiger partial charge < -0.3 is 20.1 Å². The molecule has 0 spiro atoms. The summed E-state index contributed by atoms with van der Waals surface area (Å²) in [5.41, 5.74) is 8.18. The second-order valence-electron chi connectivity index (χ2n) is 6.68. The van der Waals surface area contributed by atoms with Crippen molar-refractivity contribution >= 4 is 5.91 Å². The van der Waals surface area contributed by atoms with Crippen LogP contribution in [0.5, 0.6) is 11.5 Å². The first-order valence-electron chi connectivity index (χ1n) is 8.66. The molecule has 0 unspecified atom stereocenters. The Labute approximate surface area is 147 Å². The largest absolute Gasteiger partial charge is 0.454 e. The van der Waals surface area contributed by atoms with Crippen LogP contribution in [0.1, 0.15) is 17.0 Å². The van der Waals surface area contributed by atoms with Crippen LogP contribution in [0.3, 0.4) is 0 Å². The molecule has 2 atom stereocenters. The fraction of sp³-hybridized carbons (Fsp3) is 0.350. The van der Waals surface area contributed by atoms with E-state index in [4.69, 9.17) is 15.2 Å². The van der Waals surface area contributed by atoms with Crippen LogP contribution in [0.2, 0.25) is 0 Å². The molecule has 5 heteroatoms. The molecule has 0 radical (unpaired) electrons. The van der Waals surface area contributed by atoms with Gasteiger partial charge in [-0.05, 0) is 35.7 Å². The molecule has 5 nitrogen and oxygen atoms in total. The summed E-state index contributed by atoms with van der Waals surface area (Å²) in [5, 5.41) is 0. The van der Waals surface area contributed by atoms with Crippen molar-refractivity contribution in [2.75, 3.05) is 26.4 Å². The summed E-state index contributed by atoms with van der Waals surface area (Å²) >= 11 is 0. The zero-order chi connectivity index (χ0) is 17.2. The molecule has 130 valence electrons. The zero-order valence-electron chi connectivity index (χ0n) is 14.1. The second kappa shape index (κ2) is 6.76. The summed E-state index contributed by atoms with van der Waals surface area (Å²) in [7, 11) is 0. The van der Waals surface area contributed by atoms with Crippen molar-refractivity contribution in [1.82, 2.24) is 4.90 Å². The lowest BCUT2D eigenvalue weighted by molar-refractivity contribution is -0.129. The topological polar surface area (TPSA) is 64.8 Å². The maximum absolute atomic E-state index is 12.8. The van der Waals surface area contributed by atoms with Gasteiger partial charge in [0.25, 0.3) is 0 Å². The van der Waals surface area contributed by atoms with Crippen LogP contribution < -0.4 is 15.2 Å². The first-order chi connectivity index (χ1) is 12.2. The average molecular weight is 338 g/mol. The molecule has 0 saturated carbocycles. The minimum atomic E-state index is 0.135. The van der Waals surface area contributed by atoms with E-state index in [1.165, 1.54) is 5.56 Å². The Morgan fingerprint density at radius 3 is 2.68 bits per heavy atom. The third-order valence-electron chi connectivity index (χ3n) is 5.12. The van der Waals surface area contributed by atoms with Crippen LogP contribution in [0.25, 0.3) is 0 Å². The molecule has 1 fully saturated rings. The number of carbonyl (C=O) groups excluding carboxylic acids is 1. The second-order valence-corrected chi connectivity index (χ2v) is 6.68. The molecule has 2 N–H and O–H groups in total. The summed E-state index contributed by atoms with van der Waals surface area (Å²) in [5.74, 6) is 2.21. The van der Waals surface area contributed by atoms with Gasteiger partial charge in [0, 0.05) is 19.0 Å². The van der Waals surface area contributed by atoms with Gasteiger partial charge in [0.2, 0.25) is 12.7 Å². The third-order valence-corrected chi connectivity index (χ3v) is 5.12. The zero-order valence-corrected chi connectivity index (χ0v) is 14.1. The van der Waals surface area contributed by atoms with Gasteiger partial charge in [0.1, 0.15) is 0 Å². The maximum atomic E-state index is 12.8. The Morgan fingerprint density at radius 2 is 1.88 bits per heavy atom. The van der Waals surface area contributed by atoms with Gasteiger partial charge in [0.15, 0.2) is 11.5 Å². The smallest absolute Gasteiger partial charge is 0.231 e. The molecule has 2 aromatic rings. The van der Waals surface area contributed by atoms with E-state index in [0.29, 0.717) is 30.6 Å². The summed E-state index contributed by atoms with van der Waals surface area (Å²) in [4.78, 5) is 14.7. The van der Waals surface area contributed by atoms with Crippen LogP contribution in [-0.4, -0.2) is 37.2 Å². The predicted molar refractivity (Wildman–Crippen MR) is 94.6 cm³/mol. The lowest BCUT2D eigenvalue weighted by Crippen LogP contribution is -2.31.